The van der Waals surface area contributed by atoms with Gasteiger partial charge in [0, 0.05) is 33.4 Å². The molecule has 0 fully saturated rings. The highest BCUT2D eigenvalue weighted by Crippen LogP contribution is 2.51. The van der Waals surface area contributed by atoms with E-state index in [1.165, 1.54) is 11.1 Å². The lowest BCUT2D eigenvalue weighted by Gasteiger charge is -2.54. The number of aryl methyl sites for hydroxylation is 1. The molecule has 5 aromatic carbocycles. The van der Waals surface area contributed by atoms with Crippen molar-refractivity contribution >= 4 is 11.6 Å². The molecule has 5 heteroatoms. The second-order valence-corrected chi connectivity index (χ2v) is 12.8. The summed E-state index contributed by atoms with van der Waals surface area (Å²) in [7, 11) is 0. The molecular formula is C41H34N4O. The fourth-order valence-corrected chi connectivity index (χ4v) is 7.60. The molecule has 6 aromatic rings. The molecule has 1 aromatic heterocycles. The fraction of sp³-hybridized carbons (Fsp3) is 0.171. The Morgan fingerprint density at radius 1 is 0.674 bits per heavy atom. The van der Waals surface area contributed by atoms with Crippen LogP contribution in [0, 0.1) is 12.8 Å². The van der Waals surface area contributed by atoms with Crippen molar-refractivity contribution < 1.29 is 4.79 Å². The van der Waals surface area contributed by atoms with Crippen molar-refractivity contribution in [2.24, 2.45) is 5.92 Å². The van der Waals surface area contributed by atoms with Gasteiger partial charge in [-0.25, -0.2) is 15.0 Å². The monoisotopic (exact) mass is 598 g/mol. The van der Waals surface area contributed by atoms with Gasteiger partial charge in [0.1, 0.15) is 0 Å². The lowest BCUT2D eigenvalue weighted by Crippen LogP contribution is -2.61. The van der Waals surface area contributed by atoms with Crippen molar-refractivity contribution in [2.45, 2.75) is 38.6 Å². The van der Waals surface area contributed by atoms with Gasteiger partial charge in [-0.2, -0.15) is 0 Å². The number of rotatable bonds is 4. The number of benzene rings is 5. The minimum atomic E-state index is -0.403. The predicted octanol–water partition coefficient (Wildman–Crippen LogP) is 8.71. The maximum atomic E-state index is 14.5. The normalized spacial score (nSPS) is 20.1. The van der Waals surface area contributed by atoms with Gasteiger partial charge in [-0.15, -0.1) is 0 Å². The molecule has 8 rings (SSSR count). The fourth-order valence-electron chi connectivity index (χ4n) is 7.60. The van der Waals surface area contributed by atoms with Crippen molar-refractivity contribution in [1.82, 2.24) is 15.0 Å². The number of anilines is 1. The number of aromatic nitrogens is 3. The predicted molar refractivity (Wildman–Crippen MR) is 184 cm³/mol. The summed E-state index contributed by atoms with van der Waals surface area (Å²) in [6.07, 6.45) is 0.870. The van der Waals surface area contributed by atoms with E-state index in [9.17, 15) is 4.79 Å². The summed E-state index contributed by atoms with van der Waals surface area (Å²) in [4.78, 5) is 31.5. The second kappa shape index (κ2) is 10.9. The maximum Gasteiger partial charge on any atom is 0.258 e. The van der Waals surface area contributed by atoms with Crippen LogP contribution in [0.25, 0.3) is 34.2 Å². The molecule has 2 aliphatic rings. The first-order valence-electron chi connectivity index (χ1n) is 15.9. The number of amides is 1. The van der Waals surface area contributed by atoms with Gasteiger partial charge in [0.05, 0.1) is 6.04 Å². The summed E-state index contributed by atoms with van der Waals surface area (Å²) >= 11 is 0. The van der Waals surface area contributed by atoms with Gasteiger partial charge in [0.15, 0.2) is 17.5 Å². The Hall–Kier alpha value is -5.42. The zero-order valence-electron chi connectivity index (χ0n) is 26.2. The van der Waals surface area contributed by atoms with E-state index in [0.717, 1.165) is 45.5 Å². The first-order chi connectivity index (χ1) is 22.4. The Morgan fingerprint density at radius 3 is 1.87 bits per heavy atom. The zero-order valence-corrected chi connectivity index (χ0v) is 26.2. The lowest BCUT2D eigenvalue weighted by molar-refractivity contribution is 0.0927. The minimum Gasteiger partial charge on any atom is -0.303 e. The lowest BCUT2D eigenvalue weighted by atomic mass is 9.61. The van der Waals surface area contributed by atoms with Crippen molar-refractivity contribution in [3.05, 3.63) is 155 Å². The van der Waals surface area contributed by atoms with E-state index in [4.69, 9.17) is 15.0 Å². The largest absolute Gasteiger partial charge is 0.303 e. The molecule has 5 nitrogen and oxygen atoms in total. The van der Waals surface area contributed by atoms with Crippen LogP contribution in [0.3, 0.4) is 0 Å². The van der Waals surface area contributed by atoms with Gasteiger partial charge in [-0.3, -0.25) is 4.79 Å². The smallest absolute Gasteiger partial charge is 0.258 e. The Bertz CT molecular complexity index is 2030. The SMILES string of the molecule is Cc1ccc(C2(C)c3ccccc3C(=O)N3c4cc(-c5nc(-c6ccccc6)nc(-c6ccccc6)n5)ccc4CC(C)C32)cc1. The van der Waals surface area contributed by atoms with Crippen LogP contribution in [-0.4, -0.2) is 26.9 Å². The van der Waals surface area contributed by atoms with Crippen molar-refractivity contribution in [1.29, 1.82) is 0 Å². The highest BCUT2D eigenvalue weighted by molar-refractivity contribution is 6.10. The molecule has 0 radical (unpaired) electrons. The van der Waals surface area contributed by atoms with Gasteiger partial charge < -0.3 is 4.90 Å². The van der Waals surface area contributed by atoms with Crippen molar-refractivity contribution in [3.63, 3.8) is 0 Å². The van der Waals surface area contributed by atoms with Crippen molar-refractivity contribution in [3.8, 4) is 34.2 Å². The molecule has 2 aliphatic heterocycles. The molecule has 0 saturated carbocycles. The van der Waals surface area contributed by atoms with E-state index in [0.29, 0.717) is 17.5 Å². The molecule has 0 bridgehead atoms. The highest BCUT2D eigenvalue weighted by Gasteiger charge is 2.53. The third-order valence-corrected chi connectivity index (χ3v) is 9.84. The van der Waals surface area contributed by atoms with Crippen LogP contribution in [0.1, 0.15) is 46.5 Å². The summed E-state index contributed by atoms with van der Waals surface area (Å²) in [6.45, 7) is 6.72. The van der Waals surface area contributed by atoms with Gasteiger partial charge in [0.25, 0.3) is 5.91 Å². The van der Waals surface area contributed by atoms with Crippen LogP contribution >= 0.6 is 0 Å². The topological polar surface area (TPSA) is 59.0 Å². The number of carbonyl (C=O) groups is 1. The quantitative estimate of drug-likeness (QED) is 0.204. The van der Waals surface area contributed by atoms with E-state index in [2.05, 4.69) is 80.3 Å². The van der Waals surface area contributed by atoms with Crippen LogP contribution in [0.15, 0.2) is 127 Å². The Morgan fingerprint density at radius 2 is 1.24 bits per heavy atom. The summed E-state index contributed by atoms with van der Waals surface area (Å²) in [6, 6.07) is 43.3. The number of hydrogen-bond donors (Lipinski definition) is 0. The second-order valence-electron chi connectivity index (χ2n) is 12.8. The molecular weight excluding hydrogens is 564 g/mol. The average molecular weight is 599 g/mol. The maximum absolute atomic E-state index is 14.5. The number of fused-ring (bicyclic) bond motifs is 4. The highest BCUT2D eigenvalue weighted by atomic mass is 16.2. The van der Waals surface area contributed by atoms with Gasteiger partial charge in [-0.05, 0) is 55.0 Å². The third kappa shape index (κ3) is 4.46. The zero-order chi connectivity index (χ0) is 31.4. The minimum absolute atomic E-state index is 0.0423. The molecule has 0 saturated heterocycles. The summed E-state index contributed by atoms with van der Waals surface area (Å²) in [5.41, 5.74) is 8.67. The number of hydrogen-bond acceptors (Lipinski definition) is 4. The number of nitrogens with zero attached hydrogens (tertiary/aromatic N) is 4. The Labute approximate surface area is 269 Å². The molecule has 0 N–H and O–H groups in total. The summed E-state index contributed by atoms with van der Waals surface area (Å²) in [5.74, 6) is 2.08. The van der Waals surface area contributed by atoms with Crippen LogP contribution in [0.4, 0.5) is 5.69 Å². The summed E-state index contributed by atoms with van der Waals surface area (Å²) in [5, 5.41) is 0. The molecule has 224 valence electrons. The van der Waals surface area contributed by atoms with E-state index < -0.39 is 5.41 Å². The first-order valence-corrected chi connectivity index (χ1v) is 15.9. The van der Waals surface area contributed by atoms with Crippen molar-refractivity contribution in [2.75, 3.05) is 4.90 Å². The molecule has 0 aliphatic carbocycles. The van der Waals surface area contributed by atoms with E-state index >= 15 is 0 Å². The Kier molecular flexibility index (Phi) is 6.64. The first kappa shape index (κ1) is 28.1. The standard InChI is InChI=1S/C41H34N4O/c1-26-18-22-32(23-19-26)41(3)34-17-11-10-16-33(34)40(46)45-35-25-31(21-20-30(35)24-27(2)36(41)45)39-43-37(28-12-6-4-7-13-28)42-38(44-39)29-14-8-5-9-15-29/h4-23,25,27,36H,24H2,1-3H3. The molecule has 3 atom stereocenters. The number of carbonyl (C=O) groups excluding carboxylic acids is 1. The molecule has 3 unspecified atom stereocenters. The third-order valence-electron chi connectivity index (χ3n) is 9.84. The average Bonchev–Trinajstić information content (AvgIpc) is 3.11. The molecule has 46 heavy (non-hydrogen) atoms. The molecule has 0 spiro atoms. The molecule has 3 heterocycles. The van der Waals surface area contributed by atoms with Gasteiger partial charge >= 0.3 is 0 Å². The van der Waals surface area contributed by atoms with E-state index in [1.54, 1.807) is 0 Å². The van der Waals surface area contributed by atoms with Crippen LogP contribution in [-0.2, 0) is 11.8 Å². The van der Waals surface area contributed by atoms with Crippen LogP contribution < -0.4 is 4.90 Å². The van der Waals surface area contributed by atoms with E-state index in [-0.39, 0.29) is 17.9 Å². The van der Waals surface area contributed by atoms with Crippen LogP contribution in [0.2, 0.25) is 0 Å². The van der Waals surface area contributed by atoms with Crippen LogP contribution in [0.5, 0.6) is 0 Å². The summed E-state index contributed by atoms with van der Waals surface area (Å²) < 4.78 is 0. The van der Waals surface area contributed by atoms with Gasteiger partial charge in [-0.1, -0.05) is 128 Å². The Balaban J connectivity index is 1.31. The van der Waals surface area contributed by atoms with Gasteiger partial charge in [0.2, 0.25) is 0 Å². The molecule has 1 amide bonds. The van der Waals surface area contributed by atoms with E-state index in [1.807, 2.05) is 72.8 Å².